The predicted octanol–water partition coefficient (Wildman–Crippen LogP) is 2.22. The lowest BCUT2D eigenvalue weighted by Gasteiger charge is -2.39. The van der Waals surface area contributed by atoms with Crippen LogP contribution in [0.25, 0.3) is 0 Å². The van der Waals surface area contributed by atoms with Crippen LogP contribution in [0.4, 0.5) is 0 Å². The summed E-state index contributed by atoms with van der Waals surface area (Å²) in [6, 6.07) is 0. The van der Waals surface area contributed by atoms with Crippen LogP contribution in [0.5, 0.6) is 0 Å². The zero-order chi connectivity index (χ0) is 12.4. The van der Waals surface area contributed by atoms with E-state index in [0.29, 0.717) is 4.48 Å². The molecule has 4 atom stereocenters. The molecule has 0 aromatic carbocycles. The van der Waals surface area contributed by atoms with Crippen molar-refractivity contribution in [2.24, 2.45) is 23.2 Å². The minimum atomic E-state index is -0.572. The second-order valence-electron chi connectivity index (χ2n) is 5.19. The van der Waals surface area contributed by atoms with Gasteiger partial charge < -0.3 is 4.74 Å². The lowest BCUT2D eigenvalue weighted by atomic mass is 9.63. The number of rotatable bonds is 1. The van der Waals surface area contributed by atoms with Gasteiger partial charge in [0.15, 0.2) is 11.5 Å². The number of carbonyl (C=O) groups is 2. The van der Waals surface area contributed by atoms with Crippen LogP contribution in [-0.2, 0) is 14.3 Å². The zero-order valence-electron chi connectivity index (χ0n) is 9.70. The summed E-state index contributed by atoms with van der Waals surface area (Å²) in [5.41, 5.74) is -0.572. The summed E-state index contributed by atoms with van der Waals surface area (Å²) in [6.45, 7) is 1.92. The van der Waals surface area contributed by atoms with Crippen LogP contribution in [0, 0.1) is 23.2 Å². The van der Waals surface area contributed by atoms with Crippen LogP contribution in [0.15, 0.2) is 22.4 Å². The fourth-order valence-electron chi connectivity index (χ4n) is 3.65. The third-order valence-corrected chi connectivity index (χ3v) is 5.28. The van der Waals surface area contributed by atoms with Crippen LogP contribution < -0.4 is 0 Å². The Bertz CT molecular complexity index is 491. The van der Waals surface area contributed by atoms with E-state index in [1.165, 1.54) is 7.11 Å². The Labute approximate surface area is 108 Å². The summed E-state index contributed by atoms with van der Waals surface area (Å²) in [6.07, 6.45) is 5.08. The summed E-state index contributed by atoms with van der Waals surface area (Å²) in [5.74, 6) is 0.334. The van der Waals surface area contributed by atoms with Crippen LogP contribution in [-0.4, -0.2) is 18.7 Å². The average Bonchev–Trinajstić information content (AvgIpc) is 2.86. The van der Waals surface area contributed by atoms with Gasteiger partial charge in [0.2, 0.25) is 5.78 Å². The maximum absolute atomic E-state index is 12.5. The van der Waals surface area contributed by atoms with Gasteiger partial charge in [0.05, 0.1) is 7.11 Å². The van der Waals surface area contributed by atoms with Gasteiger partial charge >= 0.3 is 0 Å². The molecule has 0 N–H and O–H groups in total. The van der Waals surface area contributed by atoms with Crippen LogP contribution in [0.1, 0.15) is 13.3 Å². The van der Waals surface area contributed by atoms with E-state index in [2.05, 4.69) is 28.1 Å². The topological polar surface area (TPSA) is 43.4 Å². The first-order chi connectivity index (χ1) is 8.01. The molecule has 0 amide bonds. The molecule has 0 aromatic heterocycles. The lowest BCUT2D eigenvalue weighted by Crippen LogP contribution is -2.47. The third kappa shape index (κ3) is 1.12. The van der Waals surface area contributed by atoms with Crippen LogP contribution in [0.3, 0.4) is 0 Å². The maximum Gasteiger partial charge on any atom is 0.203 e. The van der Waals surface area contributed by atoms with Gasteiger partial charge in [0.25, 0.3) is 0 Å². The first-order valence-electron chi connectivity index (χ1n) is 5.73. The monoisotopic (exact) mass is 296 g/mol. The van der Waals surface area contributed by atoms with E-state index in [0.717, 1.165) is 6.42 Å². The molecular formula is C13H13BrO3. The molecule has 0 saturated heterocycles. The Hall–Kier alpha value is -0.900. The number of hydrogen-bond acceptors (Lipinski definition) is 3. The molecule has 0 unspecified atom stereocenters. The van der Waals surface area contributed by atoms with Crippen molar-refractivity contribution in [3.8, 4) is 0 Å². The minimum absolute atomic E-state index is 0.0100. The minimum Gasteiger partial charge on any atom is -0.492 e. The summed E-state index contributed by atoms with van der Waals surface area (Å²) in [4.78, 5) is 24.9. The Morgan fingerprint density at radius 3 is 2.76 bits per heavy atom. The second-order valence-corrected chi connectivity index (χ2v) is 5.98. The van der Waals surface area contributed by atoms with Gasteiger partial charge in [0.1, 0.15) is 4.48 Å². The Morgan fingerprint density at radius 1 is 1.41 bits per heavy atom. The van der Waals surface area contributed by atoms with Gasteiger partial charge in [-0.1, -0.05) is 19.1 Å². The fraction of sp³-hybridized carbons (Fsp3) is 0.538. The van der Waals surface area contributed by atoms with Crippen molar-refractivity contribution in [2.75, 3.05) is 7.11 Å². The molecule has 3 rings (SSSR count). The summed E-state index contributed by atoms with van der Waals surface area (Å²) in [5, 5.41) is 0. The van der Waals surface area contributed by atoms with E-state index in [-0.39, 0.29) is 35.1 Å². The Balaban J connectivity index is 2.19. The van der Waals surface area contributed by atoms with Crippen molar-refractivity contribution in [3.05, 3.63) is 22.4 Å². The highest BCUT2D eigenvalue weighted by Crippen LogP contribution is 2.60. The van der Waals surface area contributed by atoms with Crippen molar-refractivity contribution < 1.29 is 14.3 Å². The molecule has 0 radical (unpaired) electrons. The van der Waals surface area contributed by atoms with Gasteiger partial charge in [-0.25, -0.2) is 0 Å². The standard InChI is InChI=1S/C13H13BrO3/c1-13-7-4-3-6(5-7)8(13)10(15)11(17-2)9(14)12(13)16/h3-4,6-8H,5H2,1-2H3/t6-,7+,8+,13+/m1/s1. The van der Waals surface area contributed by atoms with E-state index in [1.54, 1.807) is 0 Å². The zero-order valence-corrected chi connectivity index (χ0v) is 11.3. The molecule has 2 bridgehead atoms. The Morgan fingerprint density at radius 2 is 2.12 bits per heavy atom. The molecule has 3 aliphatic rings. The highest BCUT2D eigenvalue weighted by molar-refractivity contribution is 9.12. The molecule has 0 aromatic rings. The fourth-order valence-corrected chi connectivity index (χ4v) is 4.43. The lowest BCUT2D eigenvalue weighted by molar-refractivity contribution is -0.139. The normalized spacial score (nSPS) is 43.4. The SMILES string of the molecule is COC1=C(Br)C(=O)[C@]2(C)[C@H](C1=O)[C@@H]1C=C[C@H]2C1. The van der Waals surface area contributed by atoms with E-state index in [4.69, 9.17) is 4.74 Å². The molecule has 1 saturated carbocycles. The van der Waals surface area contributed by atoms with Crippen molar-refractivity contribution in [1.29, 1.82) is 0 Å². The highest BCUT2D eigenvalue weighted by Gasteiger charge is 2.63. The summed E-state index contributed by atoms with van der Waals surface area (Å²) >= 11 is 3.22. The molecule has 3 aliphatic carbocycles. The van der Waals surface area contributed by atoms with Gasteiger partial charge in [0, 0.05) is 11.3 Å². The van der Waals surface area contributed by atoms with E-state index < -0.39 is 5.41 Å². The average molecular weight is 297 g/mol. The van der Waals surface area contributed by atoms with Crippen molar-refractivity contribution in [2.45, 2.75) is 13.3 Å². The quantitative estimate of drug-likeness (QED) is 0.697. The molecule has 0 spiro atoms. The van der Waals surface area contributed by atoms with Crippen LogP contribution in [0.2, 0.25) is 0 Å². The van der Waals surface area contributed by atoms with Crippen molar-refractivity contribution in [3.63, 3.8) is 0 Å². The Kier molecular flexibility index (Phi) is 2.18. The second kappa shape index (κ2) is 3.31. The molecule has 0 aliphatic heterocycles. The van der Waals surface area contributed by atoms with Gasteiger partial charge in [-0.15, -0.1) is 0 Å². The molecule has 17 heavy (non-hydrogen) atoms. The maximum atomic E-state index is 12.5. The van der Waals surface area contributed by atoms with Gasteiger partial charge in [-0.3, -0.25) is 9.59 Å². The van der Waals surface area contributed by atoms with Crippen molar-refractivity contribution in [1.82, 2.24) is 0 Å². The van der Waals surface area contributed by atoms with Crippen LogP contribution >= 0.6 is 15.9 Å². The largest absolute Gasteiger partial charge is 0.492 e. The molecule has 0 heterocycles. The number of ether oxygens (including phenoxy) is 1. The van der Waals surface area contributed by atoms with Gasteiger partial charge in [-0.05, 0) is 34.2 Å². The number of Topliss-reactive ketones (excluding diaryl/α,β-unsaturated/α-hetero) is 2. The number of halogens is 1. The highest BCUT2D eigenvalue weighted by atomic mass is 79.9. The van der Waals surface area contributed by atoms with E-state index >= 15 is 0 Å². The van der Waals surface area contributed by atoms with E-state index in [9.17, 15) is 9.59 Å². The van der Waals surface area contributed by atoms with Crippen molar-refractivity contribution >= 4 is 27.5 Å². The number of hydrogen-bond donors (Lipinski definition) is 0. The summed E-state index contributed by atoms with van der Waals surface area (Å²) < 4.78 is 5.40. The third-order valence-electron chi connectivity index (χ3n) is 4.56. The molecule has 3 nitrogen and oxygen atoms in total. The van der Waals surface area contributed by atoms with Gasteiger partial charge in [-0.2, -0.15) is 0 Å². The summed E-state index contributed by atoms with van der Waals surface area (Å²) in [7, 11) is 1.44. The number of allylic oxidation sites excluding steroid dienone is 4. The molecule has 90 valence electrons. The van der Waals surface area contributed by atoms with E-state index in [1.807, 2.05) is 6.92 Å². The number of ketones is 2. The number of carbonyl (C=O) groups excluding carboxylic acids is 2. The smallest absolute Gasteiger partial charge is 0.203 e. The first-order valence-corrected chi connectivity index (χ1v) is 6.52. The molecule has 4 heteroatoms. The number of fused-ring (bicyclic) bond motifs is 5. The number of methoxy groups -OCH3 is 1. The first kappa shape index (κ1) is 11.2. The molecular weight excluding hydrogens is 284 g/mol. The molecule has 1 fully saturated rings. The predicted molar refractivity (Wildman–Crippen MR) is 65.3 cm³/mol.